The van der Waals surface area contributed by atoms with E-state index in [0.29, 0.717) is 17.7 Å². The molecule has 0 unspecified atom stereocenters. The molecule has 2 amide bonds. The van der Waals surface area contributed by atoms with E-state index in [1.807, 2.05) is 0 Å². The van der Waals surface area contributed by atoms with Gasteiger partial charge in [0.2, 0.25) is 5.91 Å². The molecule has 3 aromatic rings. The van der Waals surface area contributed by atoms with E-state index in [4.69, 9.17) is 5.73 Å². The van der Waals surface area contributed by atoms with Crippen molar-refractivity contribution < 1.29 is 27.2 Å². The Morgan fingerprint density at radius 1 is 1.13 bits per heavy atom. The van der Waals surface area contributed by atoms with E-state index in [1.165, 1.54) is 18.3 Å². The average molecular weight is 433 g/mol. The number of alkyl halides is 3. The lowest BCUT2D eigenvalue weighted by Crippen LogP contribution is -2.14. The Bertz CT molecular complexity index is 1180. The molecule has 0 saturated heterocycles. The maximum absolute atomic E-state index is 13.7. The molecule has 1 aliphatic carbocycles. The lowest BCUT2D eigenvalue weighted by Gasteiger charge is -2.10. The highest BCUT2D eigenvalue weighted by atomic mass is 19.4. The molecule has 1 fully saturated rings. The van der Waals surface area contributed by atoms with E-state index in [9.17, 15) is 27.2 Å². The number of amides is 2. The summed E-state index contributed by atoms with van der Waals surface area (Å²) in [6.45, 7) is 0. The Kier molecular flexibility index (Phi) is 4.96. The summed E-state index contributed by atoms with van der Waals surface area (Å²) in [6.07, 6.45) is -1.94. The van der Waals surface area contributed by atoms with Crippen LogP contribution in [0.3, 0.4) is 0 Å². The monoisotopic (exact) mass is 433 g/mol. The molecule has 31 heavy (non-hydrogen) atoms. The second-order valence-electron chi connectivity index (χ2n) is 7.06. The number of primary amides is 1. The summed E-state index contributed by atoms with van der Waals surface area (Å²) in [7, 11) is 0. The fourth-order valence-electron chi connectivity index (χ4n) is 3.03. The molecule has 0 bridgehead atoms. The van der Waals surface area contributed by atoms with Gasteiger partial charge in [0.1, 0.15) is 11.6 Å². The Hall–Kier alpha value is -3.76. The van der Waals surface area contributed by atoms with E-state index in [-0.39, 0.29) is 40.4 Å². The van der Waals surface area contributed by atoms with Crippen LogP contribution < -0.4 is 11.1 Å². The summed E-state index contributed by atoms with van der Waals surface area (Å²) in [5.41, 5.74) is 4.24. The lowest BCUT2D eigenvalue weighted by molar-refractivity contribution is -0.140. The molecule has 4 N–H and O–H groups in total. The number of carbonyl (C=O) groups is 2. The molecular formula is C20H15F4N5O2. The van der Waals surface area contributed by atoms with Crippen molar-refractivity contribution >= 4 is 17.6 Å². The number of carbonyl (C=O) groups excluding carboxylic acids is 2. The molecule has 0 radical (unpaired) electrons. The number of benzene rings is 1. The predicted molar refractivity (Wildman–Crippen MR) is 102 cm³/mol. The minimum atomic E-state index is -4.92. The van der Waals surface area contributed by atoms with Gasteiger partial charge in [-0.1, -0.05) is 0 Å². The van der Waals surface area contributed by atoms with Crippen LogP contribution in [0.4, 0.5) is 23.4 Å². The zero-order valence-electron chi connectivity index (χ0n) is 15.8. The number of anilines is 1. The number of nitrogens with zero attached hydrogens (tertiary/aromatic N) is 2. The van der Waals surface area contributed by atoms with Crippen molar-refractivity contribution in [1.29, 1.82) is 0 Å². The molecule has 4 rings (SSSR count). The third-order valence-corrected chi connectivity index (χ3v) is 4.73. The number of aromatic amines is 1. The maximum Gasteiger partial charge on any atom is 0.419 e. The second kappa shape index (κ2) is 7.49. The number of halogens is 4. The summed E-state index contributed by atoms with van der Waals surface area (Å²) < 4.78 is 53.2. The number of pyridine rings is 1. The van der Waals surface area contributed by atoms with Gasteiger partial charge in [-0.3, -0.25) is 9.59 Å². The molecule has 1 aromatic carbocycles. The maximum atomic E-state index is 13.7. The first-order valence-electron chi connectivity index (χ1n) is 9.17. The van der Waals surface area contributed by atoms with E-state index >= 15 is 0 Å². The molecule has 1 aliphatic rings. The molecule has 0 aliphatic heterocycles. The van der Waals surface area contributed by atoms with E-state index in [0.717, 1.165) is 18.9 Å². The van der Waals surface area contributed by atoms with Crippen molar-refractivity contribution in [3.63, 3.8) is 0 Å². The zero-order valence-corrected chi connectivity index (χ0v) is 15.8. The fourth-order valence-corrected chi connectivity index (χ4v) is 3.03. The molecule has 2 aromatic heterocycles. The highest BCUT2D eigenvalue weighted by molar-refractivity contribution is 5.95. The summed E-state index contributed by atoms with van der Waals surface area (Å²) in [5, 5.41) is 2.66. The molecule has 1 saturated carbocycles. The van der Waals surface area contributed by atoms with Crippen molar-refractivity contribution in [3.05, 3.63) is 53.7 Å². The molecule has 0 atom stereocenters. The van der Waals surface area contributed by atoms with Crippen molar-refractivity contribution in [1.82, 2.24) is 15.0 Å². The Morgan fingerprint density at radius 2 is 1.87 bits per heavy atom. The van der Waals surface area contributed by atoms with Crippen LogP contribution in [0.25, 0.3) is 22.5 Å². The summed E-state index contributed by atoms with van der Waals surface area (Å²) in [6, 6.07) is 5.40. The van der Waals surface area contributed by atoms with Crippen molar-refractivity contribution in [3.8, 4) is 22.5 Å². The SMILES string of the molecule is NC(=O)c1nc(-c2ccc(F)c(C(F)(F)F)c2)c(-c2ccnc(NC(=O)C3CC3)c2)[nH]1. The number of H-pyrrole nitrogens is 1. The number of hydrogen-bond acceptors (Lipinski definition) is 4. The van der Waals surface area contributed by atoms with E-state index in [1.54, 1.807) is 0 Å². The average Bonchev–Trinajstić information content (AvgIpc) is 3.46. The van der Waals surface area contributed by atoms with Crippen LogP contribution in [-0.2, 0) is 11.0 Å². The number of nitrogens with two attached hydrogens (primary N) is 1. The predicted octanol–water partition coefficient (Wildman–Crippen LogP) is 3.74. The molecular weight excluding hydrogens is 418 g/mol. The van der Waals surface area contributed by atoms with Gasteiger partial charge in [0.05, 0.1) is 17.0 Å². The van der Waals surface area contributed by atoms with Crippen molar-refractivity contribution in [2.45, 2.75) is 19.0 Å². The van der Waals surface area contributed by atoms with E-state index in [2.05, 4.69) is 20.3 Å². The minimum Gasteiger partial charge on any atom is -0.363 e. The molecule has 11 heteroatoms. The van der Waals surface area contributed by atoms with Gasteiger partial charge in [-0.25, -0.2) is 14.4 Å². The van der Waals surface area contributed by atoms with Crippen LogP contribution in [0.5, 0.6) is 0 Å². The number of hydrogen-bond donors (Lipinski definition) is 3. The van der Waals surface area contributed by atoms with Crippen LogP contribution in [0.15, 0.2) is 36.5 Å². The van der Waals surface area contributed by atoms with Crippen LogP contribution in [0.2, 0.25) is 0 Å². The second-order valence-corrected chi connectivity index (χ2v) is 7.06. The van der Waals surface area contributed by atoms with Crippen LogP contribution in [-0.4, -0.2) is 26.8 Å². The Labute approximate surface area is 172 Å². The van der Waals surface area contributed by atoms with Crippen LogP contribution in [0.1, 0.15) is 29.0 Å². The quantitative estimate of drug-likeness (QED) is 0.532. The third-order valence-electron chi connectivity index (χ3n) is 4.73. The van der Waals surface area contributed by atoms with Gasteiger partial charge < -0.3 is 16.0 Å². The van der Waals surface area contributed by atoms with Gasteiger partial charge in [0.25, 0.3) is 5.91 Å². The highest BCUT2D eigenvalue weighted by Crippen LogP contribution is 2.37. The number of nitrogens with one attached hydrogen (secondary N) is 2. The zero-order chi connectivity index (χ0) is 22.3. The highest BCUT2D eigenvalue weighted by Gasteiger charge is 2.35. The number of rotatable bonds is 5. The number of aromatic nitrogens is 3. The molecule has 0 spiro atoms. The van der Waals surface area contributed by atoms with Gasteiger partial charge in [-0.2, -0.15) is 13.2 Å². The normalized spacial score (nSPS) is 13.8. The van der Waals surface area contributed by atoms with Crippen LogP contribution >= 0.6 is 0 Å². The summed E-state index contributed by atoms with van der Waals surface area (Å²) in [4.78, 5) is 34.4. The van der Waals surface area contributed by atoms with E-state index < -0.39 is 23.5 Å². The first-order valence-corrected chi connectivity index (χ1v) is 9.17. The van der Waals surface area contributed by atoms with Gasteiger partial charge in [-0.15, -0.1) is 0 Å². The topological polar surface area (TPSA) is 114 Å². The smallest absolute Gasteiger partial charge is 0.363 e. The van der Waals surface area contributed by atoms with Gasteiger partial charge in [0.15, 0.2) is 5.82 Å². The largest absolute Gasteiger partial charge is 0.419 e. The van der Waals surface area contributed by atoms with Gasteiger partial charge >= 0.3 is 6.18 Å². The molecule has 7 nitrogen and oxygen atoms in total. The Morgan fingerprint density at radius 3 is 2.52 bits per heavy atom. The van der Waals surface area contributed by atoms with Gasteiger partial charge in [0, 0.05) is 23.2 Å². The standard InChI is InChI=1S/C20H15F4N5O2/c21-13-4-3-10(7-12(13)20(22,23)24)15-16(29-18(28-15)17(25)30)11-5-6-26-14(8-11)27-19(31)9-1-2-9/h3-9H,1-2H2,(H2,25,30)(H,28,29)(H,26,27,31). The number of imidazole rings is 1. The minimum absolute atomic E-state index is 0.0371. The Balaban J connectivity index is 1.80. The van der Waals surface area contributed by atoms with Crippen molar-refractivity contribution in [2.24, 2.45) is 11.7 Å². The molecule has 2 heterocycles. The van der Waals surface area contributed by atoms with Gasteiger partial charge in [-0.05, 0) is 43.2 Å². The summed E-state index contributed by atoms with van der Waals surface area (Å²) in [5.74, 6) is -2.66. The third kappa shape index (κ3) is 4.25. The van der Waals surface area contributed by atoms with Crippen LogP contribution in [0, 0.1) is 11.7 Å². The summed E-state index contributed by atoms with van der Waals surface area (Å²) >= 11 is 0. The molecule has 160 valence electrons. The van der Waals surface area contributed by atoms with Crippen molar-refractivity contribution in [2.75, 3.05) is 5.32 Å². The fraction of sp³-hybridized carbons (Fsp3) is 0.200. The first kappa shape index (κ1) is 20.5. The lowest BCUT2D eigenvalue weighted by atomic mass is 10.0. The first-order chi connectivity index (χ1) is 14.6.